The summed E-state index contributed by atoms with van der Waals surface area (Å²) in [4.78, 5) is 4.02. The van der Waals surface area contributed by atoms with Crippen LogP contribution in [0.2, 0.25) is 5.28 Å². The predicted octanol–water partition coefficient (Wildman–Crippen LogP) is 2.11. The Balaban J connectivity index is 2.83. The molecule has 2 rings (SSSR count). The fraction of sp³-hybridized carbons (Fsp3) is 0.222. The SMILES string of the molecule is CN(C)S(=O)(=O)n1c(Cl)nc2cc(Br)ccc21. The van der Waals surface area contributed by atoms with E-state index in [1.165, 1.54) is 14.1 Å². The van der Waals surface area contributed by atoms with Gasteiger partial charge in [-0.1, -0.05) is 15.9 Å². The summed E-state index contributed by atoms with van der Waals surface area (Å²) in [6.07, 6.45) is 0. The van der Waals surface area contributed by atoms with Crippen molar-refractivity contribution in [2.75, 3.05) is 14.1 Å². The van der Waals surface area contributed by atoms with Crippen LogP contribution in [0.15, 0.2) is 22.7 Å². The van der Waals surface area contributed by atoms with Gasteiger partial charge >= 0.3 is 10.2 Å². The highest BCUT2D eigenvalue weighted by Crippen LogP contribution is 2.25. The normalized spacial score (nSPS) is 12.5. The highest BCUT2D eigenvalue weighted by atomic mass is 79.9. The first-order chi connectivity index (χ1) is 7.84. The van der Waals surface area contributed by atoms with E-state index in [9.17, 15) is 8.42 Å². The molecular weight excluding hydrogens is 330 g/mol. The van der Waals surface area contributed by atoms with E-state index in [4.69, 9.17) is 11.6 Å². The van der Waals surface area contributed by atoms with Crippen molar-refractivity contribution in [3.05, 3.63) is 28.0 Å². The van der Waals surface area contributed by atoms with Gasteiger partial charge in [0.2, 0.25) is 5.28 Å². The summed E-state index contributed by atoms with van der Waals surface area (Å²) in [7, 11) is -0.782. The number of hydrogen-bond acceptors (Lipinski definition) is 3. The van der Waals surface area contributed by atoms with Gasteiger partial charge in [-0.15, -0.1) is 0 Å². The molecule has 0 fully saturated rings. The molecule has 17 heavy (non-hydrogen) atoms. The number of imidazole rings is 1. The van der Waals surface area contributed by atoms with Gasteiger partial charge in [0.05, 0.1) is 11.0 Å². The second kappa shape index (κ2) is 4.24. The Bertz CT molecular complexity index is 681. The lowest BCUT2D eigenvalue weighted by atomic mass is 10.3. The second-order valence-electron chi connectivity index (χ2n) is 3.57. The van der Waals surface area contributed by atoms with Crippen molar-refractivity contribution in [3.8, 4) is 0 Å². The Labute approximate surface area is 112 Å². The van der Waals surface area contributed by atoms with Crippen molar-refractivity contribution in [1.29, 1.82) is 0 Å². The van der Waals surface area contributed by atoms with Crippen LogP contribution in [-0.4, -0.2) is 35.8 Å². The van der Waals surface area contributed by atoms with Gasteiger partial charge in [-0.25, -0.2) is 4.98 Å². The van der Waals surface area contributed by atoms with Crippen molar-refractivity contribution in [2.24, 2.45) is 0 Å². The van der Waals surface area contributed by atoms with Crippen LogP contribution in [0.4, 0.5) is 0 Å². The summed E-state index contributed by atoms with van der Waals surface area (Å²) >= 11 is 9.17. The predicted molar refractivity (Wildman–Crippen MR) is 70.4 cm³/mol. The molecule has 92 valence electrons. The molecule has 0 spiro atoms. The van der Waals surface area contributed by atoms with E-state index in [0.717, 1.165) is 12.8 Å². The molecule has 8 heteroatoms. The molecule has 0 saturated heterocycles. The molecule has 0 amide bonds. The van der Waals surface area contributed by atoms with E-state index in [2.05, 4.69) is 20.9 Å². The molecular formula is C9H9BrClN3O2S. The van der Waals surface area contributed by atoms with Crippen LogP contribution in [0.25, 0.3) is 11.0 Å². The lowest BCUT2D eigenvalue weighted by Gasteiger charge is -2.13. The van der Waals surface area contributed by atoms with Gasteiger partial charge in [0.1, 0.15) is 0 Å². The zero-order valence-electron chi connectivity index (χ0n) is 9.05. The van der Waals surface area contributed by atoms with Crippen LogP contribution in [0.1, 0.15) is 0 Å². The summed E-state index contributed by atoms with van der Waals surface area (Å²) < 4.78 is 27.0. The average molecular weight is 339 g/mol. The largest absolute Gasteiger partial charge is 0.309 e. The average Bonchev–Trinajstić information content (AvgIpc) is 2.53. The molecule has 0 aliphatic rings. The number of halogens is 2. The zero-order chi connectivity index (χ0) is 12.8. The summed E-state index contributed by atoms with van der Waals surface area (Å²) in [6, 6.07) is 5.10. The summed E-state index contributed by atoms with van der Waals surface area (Å²) in [5.74, 6) is 0. The lowest BCUT2D eigenvalue weighted by Crippen LogP contribution is -2.28. The monoisotopic (exact) mass is 337 g/mol. The Hall–Kier alpha value is -0.630. The Morgan fingerprint density at radius 1 is 1.41 bits per heavy atom. The highest BCUT2D eigenvalue weighted by Gasteiger charge is 2.23. The van der Waals surface area contributed by atoms with Crippen LogP contribution >= 0.6 is 27.5 Å². The first-order valence-corrected chi connectivity index (χ1v) is 7.17. The molecule has 0 bridgehead atoms. The number of fused-ring (bicyclic) bond motifs is 1. The molecule has 0 saturated carbocycles. The zero-order valence-corrected chi connectivity index (χ0v) is 12.2. The van der Waals surface area contributed by atoms with Crippen molar-refractivity contribution < 1.29 is 8.42 Å². The van der Waals surface area contributed by atoms with Crippen molar-refractivity contribution >= 4 is 48.8 Å². The minimum atomic E-state index is -3.66. The third-order valence-electron chi connectivity index (χ3n) is 2.23. The first kappa shape index (κ1) is 12.8. The Morgan fingerprint density at radius 3 is 2.65 bits per heavy atom. The van der Waals surface area contributed by atoms with E-state index in [0.29, 0.717) is 11.0 Å². The quantitative estimate of drug-likeness (QED) is 0.842. The highest BCUT2D eigenvalue weighted by molar-refractivity contribution is 9.10. The van der Waals surface area contributed by atoms with Crippen LogP contribution in [0.5, 0.6) is 0 Å². The smallest absolute Gasteiger partial charge is 0.217 e. The van der Waals surface area contributed by atoms with E-state index < -0.39 is 10.2 Å². The van der Waals surface area contributed by atoms with Gasteiger partial charge < -0.3 is 0 Å². The van der Waals surface area contributed by atoms with Crippen LogP contribution < -0.4 is 0 Å². The summed E-state index contributed by atoms with van der Waals surface area (Å²) in [5.41, 5.74) is 0.974. The number of rotatable bonds is 2. The maximum atomic E-state index is 12.1. The molecule has 0 aliphatic heterocycles. The van der Waals surface area contributed by atoms with E-state index >= 15 is 0 Å². The molecule has 1 aromatic heterocycles. The van der Waals surface area contributed by atoms with E-state index in [1.54, 1.807) is 18.2 Å². The minimum absolute atomic E-state index is 0.0770. The fourth-order valence-electron chi connectivity index (χ4n) is 1.38. The van der Waals surface area contributed by atoms with Crippen LogP contribution in [0.3, 0.4) is 0 Å². The fourth-order valence-corrected chi connectivity index (χ4v) is 3.14. The third-order valence-corrected chi connectivity index (χ3v) is 4.83. The van der Waals surface area contributed by atoms with Gasteiger partial charge in [0.15, 0.2) is 0 Å². The van der Waals surface area contributed by atoms with E-state index in [1.807, 2.05) is 0 Å². The number of aromatic nitrogens is 2. The van der Waals surface area contributed by atoms with Crippen molar-refractivity contribution in [3.63, 3.8) is 0 Å². The molecule has 0 N–H and O–H groups in total. The Morgan fingerprint density at radius 2 is 2.06 bits per heavy atom. The Kier molecular flexibility index (Phi) is 3.19. The van der Waals surface area contributed by atoms with Gasteiger partial charge in [-0.05, 0) is 29.8 Å². The minimum Gasteiger partial charge on any atom is -0.217 e. The maximum absolute atomic E-state index is 12.1. The maximum Gasteiger partial charge on any atom is 0.309 e. The molecule has 1 aromatic carbocycles. The third kappa shape index (κ3) is 2.08. The van der Waals surface area contributed by atoms with Gasteiger partial charge in [0, 0.05) is 18.6 Å². The van der Waals surface area contributed by atoms with Crippen LogP contribution in [-0.2, 0) is 10.2 Å². The van der Waals surface area contributed by atoms with Gasteiger partial charge in [-0.2, -0.15) is 16.7 Å². The standard InChI is InChI=1S/C9H9BrClN3O2S/c1-13(2)17(15,16)14-8-4-3-6(10)5-7(8)12-9(14)11/h3-5H,1-2H3. The van der Waals surface area contributed by atoms with Crippen molar-refractivity contribution in [2.45, 2.75) is 0 Å². The molecule has 0 atom stereocenters. The second-order valence-corrected chi connectivity index (χ2v) is 6.81. The van der Waals surface area contributed by atoms with Crippen LogP contribution in [0, 0.1) is 0 Å². The molecule has 0 aliphatic carbocycles. The molecule has 2 aromatic rings. The number of benzene rings is 1. The molecule has 1 heterocycles. The molecule has 0 radical (unpaired) electrons. The molecule has 0 unspecified atom stereocenters. The van der Waals surface area contributed by atoms with Gasteiger partial charge in [-0.3, -0.25) is 0 Å². The topological polar surface area (TPSA) is 55.2 Å². The van der Waals surface area contributed by atoms with Gasteiger partial charge in [0.25, 0.3) is 0 Å². The summed E-state index contributed by atoms with van der Waals surface area (Å²) in [5, 5.41) is -0.0770. The number of nitrogens with zero attached hydrogens (tertiary/aromatic N) is 3. The number of hydrogen-bond donors (Lipinski definition) is 0. The summed E-state index contributed by atoms with van der Waals surface area (Å²) in [6.45, 7) is 0. The lowest BCUT2D eigenvalue weighted by molar-refractivity contribution is 0.512. The molecule has 5 nitrogen and oxygen atoms in total. The first-order valence-electron chi connectivity index (χ1n) is 4.60. The van der Waals surface area contributed by atoms with Crippen molar-refractivity contribution in [1.82, 2.24) is 13.3 Å². The van der Waals surface area contributed by atoms with E-state index in [-0.39, 0.29) is 5.28 Å².